The summed E-state index contributed by atoms with van der Waals surface area (Å²) in [6.45, 7) is 1.10. The summed E-state index contributed by atoms with van der Waals surface area (Å²) in [5.41, 5.74) is 1.59. The van der Waals surface area contributed by atoms with Crippen LogP contribution in [0.4, 0.5) is 5.69 Å². The molecule has 1 saturated carbocycles. The van der Waals surface area contributed by atoms with Gasteiger partial charge in [0.05, 0.1) is 11.8 Å². The van der Waals surface area contributed by atoms with Gasteiger partial charge in [-0.3, -0.25) is 19.7 Å². The molecule has 2 N–H and O–H groups in total. The summed E-state index contributed by atoms with van der Waals surface area (Å²) in [4.78, 5) is 37.4. The first kappa shape index (κ1) is 13.3. The van der Waals surface area contributed by atoms with E-state index >= 15 is 0 Å². The molecule has 0 unspecified atom stereocenters. The lowest BCUT2D eigenvalue weighted by Crippen LogP contribution is -2.31. The number of benzene rings is 1. The van der Waals surface area contributed by atoms with Crippen LogP contribution in [-0.4, -0.2) is 36.9 Å². The molecule has 2 heterocycles. The van der Waals surface area contributed by atoms with E-state index in [0.29, 0.717) is 24.7 Å². The molecule has 2 aliphatic heterocycles. The summed E-state index contributed by atoms with van der Waals surface area (Å²) >= 11 is 0. The molecule has 0 spiro atoms. The number of amides is 3. The van der Waals surface area contributed by atoms with Crippen LogP contribution in [0.5, 0.6) is 0 Å². The van der Waals surface area contributed by atoms with Crippen LogP contribution in [0.1, 0.15) is 23.2 Å². The predicted molar refractivity (Wildman–Crippen MR) is 79.3 cm³/mol. The molecule has 1 aliphatic carbocycles. The summed E-state index contributed by atoms with van der Waals surface area (Å²) in [5.74, 6) is -0.867. The topological polar surface area (TPSA) is 78.5 Å². The fraction of sp³-hybridized carbons (Fsp3) is 0.438. The molecule has 3 aliphatic rings. The highest BCUT2D eigenvalue weighted by molar-refractivity contribution is 6.06. The summed E-state index contributed by atoms with van der Waals surface area (Å²) < 4.78 is 0. The average molecular weight is 299 g/mol. The summed E-state index contributed by atoms with van der Waals surface area (Å²) in [6, 6.07) is 7.69. The maximum Gasteiger partial charge on any atom is 0.251 e. The average Bonchev–Trinajstić information content (AvgIpc) is 3.13. The van der Waals surface area contributed by atoms with E-state index < -0.39 is 0 Å². The Kier molecular flexibility index (Phi) is 2.92. The molecular weight excluding hydrogens is 282 g/mol. The number of hydrogen-bond acceptors (Lipinski definition) is 4. The maximum absolute atomic E-state index is 12.0. The number of anilines is 1. The van der Waals surface area contributed by atoms with E-state index in [1.165, 1.54) is 0 Å². The Labute approximate surface area is 127 Å². The van der Waals surface area contributed by atoms with Crippen LogP contribution in [0.3, 0.4) is 0 Å². The van der Waals surface area contributed by atoms with Gasteiger partial charge in [0.15, 0.2) is 0 Å². The predicted octanol–water partition coefficient (Wildman–Crippen LogP) is 0.288. The Hall–Kier alpha value is -2.37. The first-order valence-electron chi connectivity index (χ1n) is 7.62. The SMILES string of the molecule is O=C(NC1CC1)c1ccc(N2C[C@@H]3C(=O)NC(=O)[C@@H]3C2)cc1. The van der Waals surface area contributed by atoms with Crippen LogP contribution in [0.2, 0.25) is 0 Å². The number of hydrogen-bond donors (Lipinski definition) is 2. The zero-order chi connectivity index (χ0) is 15.3. The third-order valence-corrected chi connectivity index (χ3v) is 4.65. The second kappa shape index (κ2) is 4.83. The molecule has 0 radical (unpaired) electrons. The molecule has 0 bridgehead atoms. The van der Waals surface area contributed by atoms with E-state index in [2.05, 4.69) is 10.6 Å². The zero-order valence-electron chi connectivity index (χ0n) is 12.0. The van der Waals surface area contributed by atoms with Crippen LogP contribution in [0.25, 0.3) is 0 Å². The molecule has 2 saturated heterocycles. The van der Waals surface area contributed by atoms with Gasteiger partial charge in [0.25, 0.3) is 5.91 Å². The second-order valence-corrected chi connectivity index (χ2v) is 6.27. The first-order valence-corrected chi connectivity index (χ1v) is 7.62. The quantitative estimate of drug-likeness (QED) is 0.786. The van der Waals surface area contributed by atoms with Gasteiger partial charge in [-0.05, 0) is 37.1 Å². The smallest absolute Gasteiger partial charge is 0.251 e. The maximum atomic E-state index is 12.0. The summed E-state index contributed by atoms with van der Waals surface area (Å²) in [7, 11) is 0. The van der Waals surface area contributed by atoms with E-state index in [-0.39, 0.29) is 29.6 Å². The molecule has 22 heavy (non-hydrogen) atoms. The molecule has 0 aromatic heterocycles. The van der Waals surface area contributed by atoms with Crippen molar-refractivity contribution in [2.24, 2.45) is 11.8 Å². The number of nitrogens with one attached hydrogen (secondary N) is 2. The van der Waals surface area contributed by atoms with Gasteiger partial charge in [0.1, 0.15) is 0 Å². The lowest BCUT2D eigenvalue weighted by Gasteiger charge is -2.19. The first-order chi connectivity index (χ1) is 10.6. The van der Waals surface area contributed by atoms with E-state index in [9.17, 15) is 14.4 Å². The van der Waals surface area contributed by atoms with Crippen molar-refractivity contribution < 1.29 is 14.4 Å². The molecule has 114 valence electrons. The highest BCUT2D eigenvalue weighted by atomic mass is 16.2. The van der Waals surface area contributed by atoms with Crippen LogP contribution < -0.4 is 15.5 Å². The normalized spacial score (nSPS) is 26.8. The number of carbonyl (C=O) groups excluding carboxylic acids is 3. The number of imide groups is 1. The standard InChI is InChI=1S/C16H17N3O3/c20-14(17-10-3-4-10)9-1-5-11(6-2-9)19-7-12-13(8-19)16(22)18-15(12)21/h1-2,5-6,10,12-13H,3-4,7-8H2,(H,17,20)(H,18,21,22)/t12-,13+. The number of fused-ring (bicyclic) bond motifs is 1. The molecule has 4 rings (SSSR count). The molecule has 3 fully saturated rings. The minimum atomic E-state index is -0.245. The van der Waals surface area contributed by atoms with Crippen molar-refractivity contribution in [2.75, 3.05) is 18.0 Å². The van der Waals surface area contributed by atoms with Gasteiger partial charge in [0, 0.05) is 30.4 Å². The third kappa shape index (κ3) is 2.24. The summed E-state index contributed by atoms with van der Waals surface area (Å²) in [6.07, 6.45) is 2.13. The van der Waals surface area contributed by atoms with Crippen molar-refractivity contribution in [3.63, 3.8) is 0 Å². The Morgan fingerprint density at radius 2 is 1.64 bits per heavy atom. The Bertz CT molecular complexity index is 629. The van der Waals surface area contributed by atoms with Crippen molar-refractivity contribution in [1.82, 2.24) is 10.6 Å². The molecular formula is C16H17N3O3. The van der Waals surface area contributed by atoms with Crippen molar-refractivity contribution in [2.45, 2.75) is 18.9 Å². The van der Waals surface area contributed by atoms with Gasteiger partial charge in [-0.25, -0.2) is 0 Å². The van der Waals surface area contributed by atoms with Gasteiger partial charge in [0.2, 0.25) is 11.8 Å². The van der Waals surface area contributed by atoms with Crippen LogP contribution >= 0.6 is 0 Å². The van der Waals surface area contributed by atoms with Gasteiger partial charge >= 0.3 is 0 Å². The molecule has 6 heteroatoms. The van der Waals surface area contributed by atoms with Gasteiger partial charge in [-0.1, -0.05) is 0 Å². The van der Waals surface area contributed by atoms with E-state index in [0.717, 1.165) is 18.5 Å². The largest absolute Gasteiger partial charge is 0.370 e. The van der Waals surface area contributed by atoms with E-state index in [1.807, 2.05) is 17.0 Å². The highest BCUT2D eigenvalue weighted by Gasteiger charge is 2.47. The van der Waals surface area contributed by atoms with Crippen molar-refractivity contribution in [3.8, 4) is 0 Å². The van der Waals surface area contributed by atoms with Gasteiger partial charge < -0.3 is 10.2 Å². The van der Waals surface area contributed by atoms with Crippen molar-refractivity contribution >= 4 is 23.4 Å². The van der Waals surface area contributed by atoms with Crippen molar-refractivity contribution in [3.05, 3.63) is 29.8 Å². The van der Waals surface area contributed by atoms with E-state index in [4.69, 9.17) is 0 Å². The molecule has 1 aromatic rings. The number of rotatable bonds is 3. The van der Waals surface area contributed by atoms with Gasteiger partial charge in [-0.2, -0.15) is 0 Å². The molecule has 2 atom stereocenters. The molecule has 3 amide bonds. The number of carbonyl (C=O) groups is 3. The Morgan fingerprint density at radius 1 is 1.05 bits per heavy atom. The minimum absolute atomic E-state index is 0.0399. The van der Waals surface area contributed by atoms with Crippen molar-refractivity contribution in [1.29, 1.82) is 0 Å². The molecule has 6 nitrogen and oxygen atoms in total. The Balaban J connectivity index is 1.46. The lowest BCUT2D eigenvalue weighted by atomic mass is 10.00. The third-order valence-electron chi connectivity index (χ3n) is 4.65. The Morgan fingerprint density at radius 3 is 2.18 bits per heavy atom. The highest BCUT2D eigenvalue weighted by Crippen LogP contribution is 2.32. The fourth-order valence-corrected chi connectivity index (χ4v) is 3.17. The summed E-state index contributed by atoms with van der Waals surface area (Å²) in [5, 5.41) is 5.33. The zero-order valence-corrected chi connectivity index (χ0v) is 12.0. The van der Waals surface area contributed by atoms with Gasteiger partial charge in [-0.15, -0.1) is 0 Å². The van der Waals surface area contributed by atoms with Crippen LogP contribution in [0, 0.1) is 11.8 Å². The second-order valence-electron chi connectivity index (χ2n) is 6.27. The fourth-order valence-electron chi connectivity index (χ4n) is 3.17. The number of nitrogens with zero attached hydrogens (tertiary/aromatic N) is 1. The molecule has 1 aromatic carbocycles. The minimum Gasteiger partial charge on any atom is -0.370 e. The lowest BCUT2D eigenvalue weighted by molar-refractivity contribution is -0.126. The van der Waals surface area contributed by atoms with Crippen LogP contribution in [-0.2, 0) is 9.59 Å². The van der Waals surface area contributed by atoms with Crippen LogP contribution in [0.15, 0.2) is 24.3 Å². The monoisotopic (exact) mass is 299 g/mol. The van der Waals surface area contributed by atoms with E-state index in [1.54, 1.807) is 12.1 Å².